The zero-order valence-corrected chi connectivity index (χ0v) is 11.1. The maximum Gasteiger partial charge on any atom is 0.311 e. The molecule has 108 valence electrons. The molecule has 8 nitrogen and oxygen atoms in total. The Morgan fingerprint density at radius 1 is 1.38 bits per heavy atom. The Labute approximate surface area is 119 Å². The van der Waals surface area contributed by atoms with Gasteiger partial charge in [-0.05, 0) is 12.1 Å². The van der Waals surface area contributed by atoms with Crippen LogP contribution < -0.4 is 15.2 Å². The van der Waals surface area contributed by atoms with Crippen molar-refractivity contribution < 1.29 is 14.4 Å². The lowest BCUT2D eigenvalue weighted by Gasteiger charge is -2.07. The summed E-state index contributed by atoms with van der Waals surface area (Å²) in [7, 11) is 1.45. The van der Waals surface area contributed by atoms with E-state index in [0.717, 1.165) is 0 Å². The Morgan fingerprint density at radius 3 is 2.67 bits per heavy atom. The maximum atomic E-state index is 11.0. The van der Waals surface area contributed by atoms with Crippen molar-refractivity contribution in [2.45, 2.75) is 0 Å². The van der Waals surface area contributed by atoms with Crippen LogP contribution in [-0.4, -0.2) is 22.9 Å². The molecular formula is C13H12N4O4. The van der Waals surface area contributed by atoms with Crippen molar-refractivity contribution in [3.63, 3.8) is 0 Å². The normalized spacial score (nSPS) is 9.95. The third-order valence-electron chi connectivity index (χ3n) is 2.63. The summed E-state index contributed by atoms with van der Waals surface area (Å²) in [4.78, 5) is 14.4. The summed E-state index contributed by atoms with van der Waals surface area (Å²) in [5.41, 5.74) is 5.55. The Kier molecular flexibility index (Phi) is 3.98. The standard InChI is InChI=1S/C13H12N4O4/c1-20-9-3-4-10(17(18)19)11(6-9)21-12-5-2-8(7-16-12)13(14)15/h2-7H,1H3,(H3,14,15). The Balaban J connectivity index is 2.33. The molecule has 0 bridgehead atoms. The fourth-order valence-corrected chi connectivity index (χ4v) is 1.57. The number of nitrogens with two attached hydrogens (primary N) is 1. The van der Waals surface area contributed by atoms with E-state index in [0.29, 0.717) is 11.3 Å². The fraction of sp³-hybridized carbons (Fsp3) is 0.0769. The Bertz CT molecular complexity index is 685. The van der Waals surface area contributed by atoms with E-state index >= 15 is 0 Å². The van der Waals surface area contributed by atoms with Crippen molar-refractivity contribution >= 4 is 11.5 Å². The molecule has 2 rings (SSSR count). The number of hydrogen-bond acceptors (Lipinski definition) is 6. The van der Waals surface area contributed by atoms with Gasteiger partial charge in [-0.1, -0.05) is 0 Å². The van der Waals surface area contributed by atoms with Gasteiger partial charge in [-0.3, -0.25) is 15.5 Å². The lowest BCUT2D eigenvalue weighted by atomic mass is 10.2. The van der Waals surface area contributed by atoms with Gasteiger partial charge >= 0.3 is 5.69 Å². The SMILES string of the molecule is COc1ccc([N+](=O)[O-])c(Oc2ccc(C(=N)N)cn2)c1. The van der Waals surface area contributed by atoms with Crippen molar-refractivity contribution in [3.8, 4) is 17.4 Å². The van der Waals surface area contributed by atoms with E-state index in [9.17, 15) is 10.1 Å². The molecule has 0 radical (unpaired) electrons. The summed E-state index contributed by atoms with van der Waals surface area (Å²) in [6.45, 7) is 0. The number of rotatable bonds is 5. The van der Waals surface area contributed by atoms with Crippen LogP contribution >= 0.6 is 0 Å². The van der Waals surface area contributed by atoms with Gasteiger partial charge in [-0.25, -0.2) is 4.98 Å². The molecule has 21 heavy (non-hydrogen) atoms. The summed E-state index contributed by atoms with van der Waals surface area (Å²) < 4.78 is 10.4. The average molecular weight is 288 g/mol. The van der Waals surface area contributed by atoms with Gasteiger partial charge in [0.25, 0.3) is 0 Å². The summed E-state index contributed by atoms with van der Waals surface area (Å²) in [6, 6.07) is 7.17. The second-order valence-electron chi connectivity index (χ2n) is 3.99. The topological polar surface area (TPSA) is 124 Å². The molecule has 0 fully saturated rings. The number of nitrogens with one attached hydrogen (secondary N) is 1. The number of aromatic nitrogens is 1. The number of pyridine rings is 1. The van der Waals surface area contributed by atoms with Crippen LogP contribution in [0.3, 0.4) is 0 Å². The zero-order valence-electron chi connectivity index (χ0n) is 11.1. The highest BCUT2D eigenvalue weighted by atomic mass is 16.6. The van der Waals surface area contributed by atoms with E-state index in [2.05, 4.69) is 4.98 Å². The van der Waals surface area contributed by atoms with Crippen molar-refractivity contribution in [2.24, 2.45) is 5.73 Å². The lowest BCUT2D eigenvalue weighted by molar-refractivity contribution is -0.385. The summed E-state index contributed by atoms with van der Waals surface area (Å²) in [5, 5.41) is 18.2. The number of hydrogen-bond donors (Lipinski definition) is 2. The smallest absolute Gasteiger partial charge is 0.311 e. The number of nitro benzene ring substituents is 1. The molecule has 0 spiro atoms. The molecule has 1 aromatic carbocycles. The van der Waals surface area contributed by atoms with Crippen molar-refractivity contribution in [1.82, 2.24) is 4.98 Å². The van der Waals surface area contributed by atoms with Crippen LogP contribution in [-0.2, 0) is 0 Å². The number of nitrogens with zero attached hydrogens (tertiary/aromatic N) is 2. The monoisotopic (exact) mass is 288 g/mol. The lowest BCUT2D eigenvalue weighted by Crippen LogP contribution is -2.11. The predicted octanol–water partition coefficient (Wildman–Crippen LogP) is 2.07. The first kappa shape index (κ1) is 14.3. The Hall–Kier alpha value is -3.16. The van der Waals surface area contributed by atoms with Gasteiger partial charge in [0.15, 0.2) is 0 Å². The van der Waals surface area contributed by atoms with Crippen molar-refractivity contribution in [2.75, 3.05) is 7.11 Å². The van der Waals surface area contributed by atoms with E-state index in [1.54, 1.807) is 0 Å². The molecule has 1 heterocycles. The molecule has 0 atom stereocenters. The van der Waals surface area contributed by atoms with Crippen LogP contribution in [0.2, 0.25) is 0 Å². The van der Waals surface area contributed by atoms with E-state index in [1.165, 1.54) is 43.6 Å². The molecule has 0 amide bonds. The molecule has 2 aromatic rings. The predicted molar refractivity (Wildman–Crippen MR) is 75.0 cm³/mol. The first-order valence-electron chi connectivity index (χ1n) is 5.82. The second-order valence-corrected chi connectivity index (χ2v) is 3.99. The van der Waals surface area contributed by atoms with Crippen LogP contribution in [0.15, 0.2) is 36.5 Å². The van der Waals surface area contributed by atoms with Crippen LogP contribution in [0.5, 0.6) is 17.4 Å². The maximum absolute atomic E-state index is 11.0. The largest absolute Gasteiger partial charge is 0.497 e. The molecule has 0 saturated heterocycles. The minimum Gasteiger partial charge on any atom is -0.497 e. The zero-order chi connectivity index (χ0) is 15.4. The molecule has 0 aliphatic heterocycles. The highest BCUT2D eigenvalue weighted by molar-refractivity contribution is 5.94. The molecule has 0 aliphatic carbocycles. The van der Waals surface area contributed by atoms with Gasteiger partial charge in [0, 0.05) is 30.0 Å². The highest BCUT2D eigenvalue weighted by Gasteiger charge is 2.17. The number of methoxy groups -OCH3 is 1. The van der Waals surface area contributed by atoms with E-state index in [-0.39, 0.29) is 23.2 Å². The van der Waals surface area contributed by atoms with Crippen LogP contribution in [0.1, 0.15) is 5.56 Å². The van der Waals surface area contributed by atoms with Crippen LogP contribution in [0.4, 0.5) is 5.69 Å². The van der Waals surface area contributed by atoms with Gasteiger partial charge in [0.1, 0.15) is 11.6 Å². The number of benzene rings is 1. The third-order valence-corrected chi connectivity index (χ3v) is 2.63. The van der Waals surface area contributed by atoms with Crippen LogP contribution in [0.25, 0.3) is 0 Å². The quantitative estimate of drug-likeness (QED) is 0.375. The average Bonchev–Trinajstić information content (AvgIpc) is 2.47. The summed E-state index contributed by atoms with van der Waals surface area (Å²) in [5.74, 6) is 0.469. The van der Waals surface area contributed by atoms with Crippen molar-refractivity contribution in [3.05, 3.63) is 52.2 Å². The van der Waals surface area contributed by atoms with Gasteiger partial charge in [-0.2, -0.15) is 0 Å². The van der Waals surface area contributed by atoms with Crippen molar-refractivity contribution in [1.29, 1.82) is 5.41 Å². The van der Waals surface area contributed by atoms with E-state index in [1.807, 2.05) is 0 Å². The highest BCUT2D eigenvalue weighted by Crippen LogP contribution is 2.33. The van der Waals surface area contributed by atoms with Gasteiger partial charge < -0.3 is 15.2 Å². The first-order valence-corrected chi connectivity index (χ1v) is 5.82. The van der Waals surface area contributed by atoms with E-state index < -0.39 is 4.92 Å². The molecule has 8 heteroatoms. The van der Waals surface area contributed by atoms with Crippen LogP contribution in [0, 0.1) is 15.5 Å². The van der Waals surface area contributed by atoms with Gasteiger partial charge in [0.05, 0.1) is 12.0 Å². The molecule has 0 aliphatic rings. The third kappa shape index (κ3) is 3.24. The molecule has 1 aromatic heterocycles. The number of nitrogen functional groups attached to an aromatic ring is 1. The fourth-order valence-electron chi connectivity index (χ4n) is 1.57. The minimum atomic E-state index is -0.557. The second kappa shape index (κ2) is 5.87. The molecule has 3 N–H and O–H groups in total. The van der Waals surface area contributed by atoms with E-state index in [4.69, 9.17) is 20.6 Å². The Morgan fingerprint density at radius 2 is 2.14 bits per heavy atom. The minimum absolute atomic E-state index is 0.0161. The summed E-state index contributed by atoms with van der Waals surface area (Å²) in [6.07, 6.45) is 1.35. The first-order chi connectivity index (χ1) is 10.0. The molecular weight excluding hydrogens is 276 g/mol. The van der Waals surface area contributed by atoms with Gasteiger partial charge in [-0.15, -0.1) is 0 Å². The number of amidine groups is 1. The molecule has 0 unspecified atom stereocenters. The molecule has 0 saturated carbocycles. The van der Waals surface area contributed by atoms with Gasteiger partial charge in [0.2, 0.25) is 11.6 Å². The number of ether oxygens (including phenoxy) is 2. The summed E-state index contributed by atoms with van der Waals surface area (Å²) >= 11 is 0. The number of nitro groups is 1.